The molecular weight excluding hydrogens is 542 g/mol. The zero-order valence-corrected chi connectivity index (χ0v) is 26.7. The maximum atomic E-state index is 3.72. The normalized spacial score (nSPS) is 22.6. The van der Waals surface area contributed by atoms with Crippen molar-refractivity contribution in [2.45, 2.75) is 58.5 Å². The molecule has 0 aliphatic carbocycles. The van der Waals surface area contributed by atoms with Gasteiger partial charge in [0.2, 0.25) is 0 Å². The molecule has 0 unspecified atom stereocenters. The number of hydrogen-bond donors (Lipinski definition) is 6. The van der Waals surface area contributed by atoms with Crippen molar-refractivity contribution < 1.29 is 0 Å². The molecule has 238 valence electrons. The van der Waals surface area contributed by atoms with Crippen LogP contribution in [0.4, 0.5) is 0 Å². The van der Waals surface area contributed by atoms with Crippen LogP contribution in [0.2, 0.25) is 0 Å². The van der Waals surface area contributed by atoms with Crippen molar-refractivity contribution in [3.05, 3.63) is 106 Å². The van der Waals surface area contributed by atoms with E-state index in [2.05, 4.69) is 110 Å². The van der Waals surface area contributed by atoms with E-state index in [4.69, 9.17) is 0 Å². The van der Waals surface area contributed by atoms with Crippen LogP contribution in [0.5, 0.6) is 0 Å². The molecule has 0 saturated heterocycles. The summed E-state index contributed by atoms with van der Waals surface area (Å²) in [5.41, 5.74) is 8.13. The molecule has 0 spiro atoms. The van der Waals surface area contributed by atoms with Crippen LogP contribution in [0.15, 0.2) is 72.8 Å². The zero-order valence-electron chi connectivity index (χ0n) is 26.7. The van der Waals surface area contributed by atoms with Crippen molar-refractivity contribution in [2.75, 3.05) is 58.9 Å². The molecule has 0 fully saturated rings. The second-order valence-corrected chi connectivity index (χ2v) is 12.6. The lowest BCUT2D eigenvalue weighted by atomic mass is 9.97. The highest BCUT2D eigenvalue weighted by molar-refractivity contribution is 5.24. The van der Waals surface area contributed by atoms with Crippen LogP contribution < -0.4 is 31.9 Å². The average molecular weight is 598 g/mol. The molecule has 0 atom stereocenters. The Balaban J connectivity index is 1.27. The largest absolute Gasteiger partial charge is 0.313 e. The third-order valence-electron chi connectivity index (χ3n) is 9.05. The quantitative estimate of drug-likeness (QED) is 0.236. The summed E-state index contributed by atoms with van der Waals surface area (Å²) in [6, 6.07) is 27.4. The molecular formula is C37H55N7. The van der Waals surface area contributed by atoms with Gasteiger partial charge in [-0.3, -0.25) is 4.90 Å². The second kappa shape index (κ2) is 19.0. The molecule has 12 aliphatic rings. The Bertz CT molecular complexity index is 936. The van der Waals surface area contributed by atoms with E-state index >= 15 is 0 Å². The third-order valence-corrected chi connectivity index (χ3v) is 9.05. The Morgan fingerprint density at radius 2 is 0.568 bits per heavy atom. The summed E-state index contributed by atoms with van der Waals surface area (Å²) in [7, 11) is 0. The molecule has 15 rings (SSSR count). The fraction of sp³-hybridized carbons (Fsp3) is 0.514. The number of benzene rings is 3. The number of nitrogens with zero attached hydrogens (tertiary/aromatic N) is 1. The van der Waals surface area contributed by atoms with Gasteiger partial charge in [-0.05, 0) is 78.2 Å². The smallest absolute Gasteiger partial charge is 0.0206 e. The van der Waals surface area contributed by atoms with Gasteiger partial charge in [-0.25, -0.2) is 0 Å². The van der Waals surface area contributed by atoms with Gasteiger partial charge in [-0.15, -0.1) is 0 Å². The Labute approximate surface area is 266 Å². The van der Waals surface area contributed by atoms with Crippen molar-refractivity contribution >= 4 is 0 Å². The highest BCUT2D eigenvalue weighted by Gasteiger charge is 2.10. The fourth-order valence-electron chi connectivity index (χ4n) is 6.12. The maximum Gasteiger partial charge on any atom is 0.0206 e. The molecule has 0 saturated carbocycles. The van der Waals surface area contributed by atoms with E-state index in [1.165, 1.54) is 52.6 Å². The van der Waals surface area contributed by atoms with E-state index < -0.39 is 0 Å². The van der Waals surface area contributed by atoms with Crippen LogP contribution in [0.1, 0.15) is 52.6 Å². The van der Waals surface area contributed by atoms with Crippen LogP contribution in [-0.4, -0.2) is 63.8 Å². The minimum atomic E-state index is 0.686. The predicted octanol–water partition coefficient (Wildman–Crippen LogP) is 3.74. The molecule has 8 bridgehead atoms. The summed E-state index contributed by atoms with van der Waals surface area (Å²) in [4.78, 5) is 2.57. The van der Waals surface area contributed by atoms with Gasteiger partial charge in [-0.2, -0.15) is 0 Å². The Hall–Kier alpha value is -2.62. The Morgan fingerprint density at radius 1 is 0.341 bits per heavy atom. The van der Waals surface area contributed by atoms with Crippen molar-refractivity contribution in [1.29, 1.82) is 0 Å². The SMILES string of the molecule is c1cc2ccc1CNCCC1CCNCc3ccc(cc3)CNCCN(CCNC2)CCNCc2ccc(cc2)CNCC1. The van der Waals surface area contributed by atoms with Crippen LogP contribution in [0.3, 0.4) is 0 Å². The van der Waals surface area contributed by atoms with Crippen LogP contribution in [0, 0.1) is 5.92 Å². The number of hydrogen-bond acceptors (Lipinski definition) is 7. The molecule has 44 heavy (non-hydrogen) atoms. The average Bonchev–Trinajstić information content (AvgIpc) is 3.05. The summed E-state index contributed by atoms with van der Waals surface area (Å²) in [6.07, 6.45) is 3.60. The maximum absolute atomic E-state index is 3.72. The Morgan fingerprint density at radius 3 is 0.818 bits per heavy atom. The summed E-state index contributed by atoms with van der Waals surface area (Å²) in [6.45, 7) is 14.7. The van der Waals surface area contributed by atoms with Crippen molar-refractivity contribution in [1.82, 2.24) is 36.8 Å². The lowest BCUT2D eigenvalue weighted by Gasteiger charge is -2.23. The van der Waals surface area contributed by atoms with Crippen LogP contribution >= 0.6 is 0 Å². The first-order valence-electron chi connectivity index (χ1n) is 17.0. The van der Waals surface area contributed by atoms with Gasteiger partial charge >= 0.3 is 0 Å². The third kappa shape index (κ3) is 12.1. The predicted molar refractivity (Wildman–Crippen MR) is 183 cm³/mol. The van der Waals surface area contributed by atoms with Gasteiger partial charge in [0.1, 0.15) is 0 Å². The first-order chi connectivity index (χ1) is 21.8. The number of nitrogens with one attached hydrogen (secondary N) is 6. The Kier molecular flexibility index (Phi) is 14.2. The van der Waals surface area contributed by atoms with Crippen LogP contribution in [0.25, 0.3) is 0 Å². The van der Waals surface area contributed by atoms with E-state index in [1.54, 1.807) is 0 Å². The van der Waals surface area contributed by atoms with E-state index in [9.17, 15) is 0 Å². The van der Waals surface area contributed by atoms with Crippen molar-refractivity contribution in [2.24, 2.45) is 5.92 Å². The summed E-state index contributed by atoms with van der Waals surface area (Å²) in [5.74, 6) is 0.686. The summed E-state index contributed by atoms with van der Waals surface area (Å²) in [5, 5.41) is 22.2. The molecule has 3 aromatic rings. The zero-order chi connectivity index (χ0) is 30.1. The van der Waals surface area contributed by atoms with Crippen LogP contribution in [-0.2, 0) is 39.3 Å². The highest BCUT2D eigenvalue weighted by Crippen LogP contribution is 2.14. The molecule has 3 aromatic carbocycles. The molecule has 7 nitrogen and oxygen atoms in total. The lowest BCUT2D eigenvalue weighted by molar-refractivity contribution is 0.271. The minimum Gasteiger partial charge on any atom is -0.313 e. The van der Waals surface area contributed by atoms with E-state index in [0.717, 1.165) is 98.2 Å². The first kappa shape index (κ1) is 32.8. The molecule has 0 amide bonds. The first-order valence-corrected chi connectivity index (χ1v) is 17.0. The number of rotatable bonds is 0. The molecule has 12 aliphatic heterocycles. The molecule has 7 heteroatoms. The van der Waals surface area contributed by atoms with Gasteiger partial charge in [0.05, 0.1) is 0 Å². The van der Waals surface area contributed by atoms with Gasteiger partial charge in [0, 0.05) is 78.5 Å². The fourth-order valence-corrected chi connectivity index (χ4v) is 6.12. The standard InChI is InChI=1S/C37H55N7/c1-7-35-8-2-32(1)25-38-16-13-31-14-17-39-26-33-3-9-36(10-4-33)29-42-20-23-44(22-19-41-28-35)24-21-43-30-37-11-5-34(6-12-37)27-40-18-15-31/h1-12,31,38-43H,13-30H2. The van der Waals surface area contributed by atoms with E-state index in [-0.39, 0.29) is 0 Å². The monoisotopic (exact) mass is 597 g/mol. The molecule has 0 radical (unpaired) electrons. The minimum absolute atomic E-state index is 0.686. The summed E-state index contributed by atoms with van der Waals surface area (Å²) < 4.78 is 0. The van der Waals surface area contributed by atoms with Gasteiger partial charge in [0.15, 0.2) is 0 Å². The summed E-state index contributed by atoms with van der Waals surface area (Å²) >= 11 is 0. The van der Waals surface area contributed by atoms with Gasteiger partial charge < -0.3 is 31.9 Å². The molecule has 6 N–H and O–H groups in total. The van der Waals surface area contributed by atoms with E-state index in [0.29, 0.717) is 5.92 Å². The molecule has 12 heterocycles. The lowest BCUT2D eigenvalue weighted by Crippen LogP contribution is -2.40. The molecule has 0 aromatic heterocycles. The topological polar surface area (TPSA) is 75.4 Å². The van der Waals surface area contributed by atoms with Crippen molar-refractivity contribution in [3.8, 4) is 0 Å². The van der Waals surface area contributed by atoms with Gasteiger partial charge in [-0.1, -0.05) is 72.8 Å². The highest BCUT2D eigenvalue weighted by atomic mass is 15.2. The van der Waals surface area contributed by atoms with E-state index in [1.807, 2.05) is 0 Å². The van der Waals surface area contributed by atoms with Crippen molar-refractivity contribution in [3.63, 3.8) is 0 Å². The van der Waals surface area contributed by atoms with Gasteiger partial charge in [0.25, 0.3) is 0 Å². The second-order valence-electron chi connectivity index (χ2n) is 12.6.